The summed E-state index contributed by atoms with van der Waals surface area (Å²) in [5.41, 5.74) is 0. The van der Waals surface area contributed by atoms with Crippen LogP contribution in [0.15, 0.2) is 60.7 Å². The van der Waals surface area contributed by atoms with Gasteiger partial charge >= 0.3 is 8.56 Å². The molecule has 0 fully saturated rings. The standard InChI is InChI=1S/C32H48O2Si/c1-3-5-7-9-11-12-13-14-16-24-30-34-35(31-25-19-17-20-26-31,32-27-21-18-22-28-32)33-29-23-15-10-8-6-4-2/h17-22,25-28H,3-4,6,8-16,23-24,29-30H2,1-2H3. The third-order valence-electron chi connectivity index (χ3n) is 6.41. The molecule has 0 aliphatic rings. The Bertz CT molecular complexity index is 770. The minimum absolute atomic E-state index is 0.758. The molecule has 0 atom stereocenters. The molecular weight excluding hydrogens is 444 g/mol. The first kappa shape index (κ1) is 29.4. The van der Waals surface area contributed by atoms with Crippen LogP contribution in [-0.4, -0.2) is 21.8 Å². The molecule has 0 amide bonds. The van der Waals surface area contributed by atoms with Gasteiger partial charge in [-0.25, -0.2) is 0 Å². The summed E-state index contributed by atoms with van der Waals surface area (Å²) in [5, 5.41) is 2.43. The van der Waals surface area contributed by atoms with Crippen molar-refractivity contribution in [3.05, 3.63) is 60.7 Å². The summed E-state index contributed by atoms with van der Waals surface area (Å²) < 4.78 is 13.6. The van der Waals surface area contributed by atoms with Crippen LogP contribution in [0.5, 0.6) is 0 Å². The van der Waals surface area contributed by atoms with Gasteiger partial charge in [-0.2, -0.15) is 0 Å². The van der Waals surface area contributed by atoms with Gasteiger partial charge in [0.1, 0.15) is 0 Å². The molecule has 2 aromatic carbocycles. The van der Waals surface area contributed by atoms with E-state index >= 15 is 0 Å². The van der Waals surface area contributed by atoms with Crippen LogP contribution in [0, 0.1) is 11.8 Å². The summed E-state index contributed by atoms with van der Waals surface area (Å²) >= 11 is 0. The lowest BCUT2D eigenvalue weighted by molar-refractivity contribution is 0.184. The van der Waals surface area contributed by atoms with Crippen LogP contribution in [0.1, 0.15) is 104 Å². The lowest BCUT2D eigenvalue weighted by Crippen LogP contribution is -2.63. The first-order chi connectivity index (χ1) is 17.3. The van der Waals surface area contributed by atoms with Crippen LogP contribution in [0.4, 0.5) is 0 Å². The Labute approximate surface area is 217 Å². The van der Waals surface area contributed by atoms with E-state index in [0.29, 0.717) is 0 Å². The zero-order chi connectivity index (χ0) is 24.9. The van der Waals surface area contributed by atoms with E-state index in [-0.39, 0.29) is 0 Å². The second-order valence-electron chi connectivity index (χ2n) is 9.39. The van der Waals surface area contributed by atoms with Crippen molar-refractivity contribution in [1.82, 2.24) is 0 Å². The molecule has 0 aliphatic carbocycles. The number of unbranched alkanes of at least 4 members (excludes halogenated alkanes) is 11. The molecule has 35 heavy (non-hydrogen) atoms. The first-order valence-corrected chi connectivity index (χ1v) is 16.0. The third-order valence-corrected chi connectivity index (χ3v) is 9.82. The summed E-state index contributed by atoms with van der Waals surface area (Å²) in [6, 6.07) is 21.4. The van der Waals surface area contributed by atoms with Crippen molar-refractivity contribution >= 4 is 18.9 Å². The molecule has 0 heterocycles. The maximum absolute atomic E-state index is 6.82. The van der Waals surface area contributed by atoms with Crippen LogP contribution < -0.4 is 10.4 Å². The average Bonchev–Trinajstić information content (AvgIpc) is 2.91. The fraction of sp³-hybridized carbons (Fsp3) is 0.562. The zero-order valence-electron chi connectivity index (χ0n) is 22.4. The van der Waals surface area contributed by atoms with Gasteiger partial charge in [0.25, 0.3) is 0 Å². The predicted octanol–water partition coefficient (Wildman–Crippen LogP) is 7.78. The van der Waals surface area contributed by atoms with E-state index in [9.17, 15) is 0 Å². The monoisotopic (exact) mass is 492 g/mol. The van der Waals surface area contributed by atoms with Crippen molar-refractivity contribution in [2.75, 3.05) is 13.2 Å². The number of rotatable bonds is 19. The molecule has 0 N–H and O–H groups in total. The second-order valence-corrected chi connectivity index (χ2v) is 12.4. The summed E-state index contributed by atoms with van der Waals surface area (Å²) in [6.45, 7) is 5.91. The molecule has 0 saturated heterocycles. The molecule has 0 aromatic heterocycles. The van der Waals surface area contributed by atoms with E-state index < -0.39 is 8.56 Å². The smallest absolute Gasteiger partial charge is 0.388 e. The predicted molar refractivity (Wildman–Crippen MR) is 154 cm³/mol. The molecule has 0 unspecified atom stereocenters. The van der Waals surface area contributed by atoms with Crippen molar-refractivity contribution < 1.29 is 8.85 Å². The van der Waals surface area contributed by atoms with E-state index in [4.69, 9.17) is 8.85 Å². The van der Waals surface area contributed by atoms with Gasteiger partial charge in [-0.1, -0.05) is 132 Å². The lowest BCUT2D eigenvalue weighted by Gasteiger charge is -2.31. The van der Waals surface area contributed by atoms with Crippen LogP contribution >= 0.6 is 0 Å². The highest BCUT2D eigenvalue weighted by molar-refractivity contribution is 6.92. The quantitative estimate of drug-likeness (QED) is 0.113. The highest BCUT2D eigenvalue weighted by Crippen LogP contribution is 2.15. The van der Waals surface area contributed by atoms with E-state index in [2.05, 4.69) is 86.4 Å². The molecule has 3 heteroatoms. The highest BCUT2D eigenvalue weighted by Gasteiger charge is 2.42. The van der Waals surface area contributed by atoms with Gasteiger partial charge in [-0.3, -0.25) is 0 Å². The molecule has 0 aliphatic heterocycles. The molecule has 0 saturated carbocycles. The summed E-state index contributed by atoms with van der Waals surface area (Å²) in [6.07, 6.45) is 17.0. The first-order valence-electron chi connectivity index (χ1n) is 14.2. The minimum Gasteiger partial charge on any atom is -0.388 e. The molecule has 0 spiro atoms. The van der Waals surface area contributed by atoms with Crippen LogP contribution in [-0.2, 0) is 8.85 Å². The third kappa shape index (κ3) is 11.6. The molecule has 0 radical (unpaired) electrons. The van der Waals surface area contributed by atoms with Crippen molar-refractivity contribution in [3.63, 3.8) is 0 Å². The maximum atomic E-state index is 6.82. The van der Waals surface area contributed by atoms with Crippen molar-refractivity contribution in [2.24, 2.45) is 0 Å². The van der Waals surface area contributed by atoms with Crippen LogP contribution in [0.3, 0.4) is 0 Å². The summed E-state index contributed by atoms with van der Waals surface area (Å²) in [7, 11) is -2.73. The van der Waals surface area contributed by atoms with Gasteiger partial charge in [-0.05, 0) is 29.6 Å². The number of benzene rings is 2. The van der Waals surface area contributed by atoms with Gasteiger partial charge in [0, 0.05) is 26.1 Å². The van der Waals surface area contributed by atoms with E-state index in [0.717, 1.165) is 38.9 Å². The van der Waals surface area contributed by atoms with Crippen LogP contribution in [0.2, 0.25) is 0 Å². The van der Waals surface area contributed by atoms with Crippen molar-refractivity contribution in [3.8, 4) is 11.8 Å². The van der Waals surface area contributed by atoms with E-state index in [1.54, 1.807) is 0 Å². The van der Waals surface area contributed by atoms with E-state index in [1.165, 1.54) is 74.6 Å². The fourth-order valence-electron chi connectivity index (χ4n) is 4.41. The Morgan fingerprint density at radius 2 is 1.00 bits per heavy atom. The van der Waals surface area contributed by atoms with Gasteiger partial charge in [0.2, 0.25) is 0 Å². The van der Waals surface area contributed by atoms with Crippen molar-refractivity contribution in [1.29, 1.82) is 0 Å². The number of hydrogen-bond donors (Lipinski definition) is 0. The lowest BCUT2D eigenvalue weighted by atomic mass is 10.1. The molecule has 0 bridgehead atoms. The van der Waals surface area contributed by atoms with Crippen molar-refractivity contribution in [2.45, 2.75) is 104 Å². The SMILES string of the molecule is CCC#CCCCCCCCCO[Si](OCCCCCCCC)(c1ccccc1)c1ccccc1. The average molecular weight is 493 g/mol. The van der Waals surface area contributed by atoms with Crippen LogP contribution in [0.25, 0.3) is 0 Å². The molecular formula is C32H48O2Si. The van der Waals surface area contributed by atoms with E-state index in [1.807, 2.05) is 0 Å². The summed E-state index contributed by atoms with van der Waals surface area (Å²) in [4.78, 5) is 0. The van der Waals surface area contributed by atoms with Gasteiger partial charge in [0.05, 0.1) is 0 Å². The fourth-order valence-corrected chi connectivity index (χ4v) is 7.62. The Morgan fingerprint density at radius 3 is 1.49 bits per heavy atom. The van der Waals surface area contributed by atoms with Gasteiger partial charge < -0.3 is 8.85 Å². The molecule has 2 rings (SSSR count). The molecule has 2 aromatic rings. The summed E-state index contributed by atoms with van der Waals surface area (Å²) in [5.74, 6) is 6.41. The Balaban J connectivity index is 1.92. The van der Waals surface area contributed by atoms with Gasteiger partial charge in [0.15, 0.2) is 0 Å². The zero-order valence-corrected chi connectivity index (χ0v) is 23.4. The maximum Gasteiger partial charge on any atom is 0.407 e. The Morgan fingerprint density at radius 1 is 0.543 bits per heavy atom. The topological polar surface area (TPSA) is 18.5 Å². The minimum atomic E-state index is -2.73. The number of hydrogen-bond acceptors (Lipinski definition) is 2. The Hall–Kier alpha value is -1.86. The van der Waals surface area contributed by atoms with Gasteiger partial charge in [-0.15, -0.1) is 11.8 Å². The molecule has 192 valence electrons. The second kappa shape index (κ2) is 19.3. The highest BCUT2D eigenvalue weighted by atomic mass is 28.4. The molecule has 2 nitrogen and oxygen atoms in total. The normalized spacial score (nSPS) is 11.3. The Kier molecular flexibility index (Phi) is 16.2. The largest absolute Gasteiger partial charge is 0.407 e.